The standard InChI is InChI=1S/C12H17NO2/c1-3-8-13-12(15)11(14)10-6-4-9(2)5-7-10/h4-7,11,14H,3,8H2,1-2H3,(H,13,15). The van der Waals surface area contributed by atoms with Crippen molar-refractivity contribution in [1.82, 2.24) is 5.32 Å². The molecule has 0 aliphatic heterocycles. The van der Waals surface area contributed by atoms with Gasteiger partial charge in [0.05, 0.1) is 0 Å². The van der Waals surface area contributed by atoms with E-state index >= 15 is 0 Å². The highest BCUT2D eigenvalue weighted by Crippen LogP contribution is 2.13. The van der Waals surface area contributed by atoms with Gasteiger partial charge in [0.25, 0.3) is 5.91 Å². The Bertz CT molecular complexity index is 319. The zero-order chi connectivity index (χ0) is 11.3. The molecule has 2 N–H and O–H groups in total. The lowest BCUT2D eigenvalue weighted by Crippen LogP contribution is -2.29. The van der Waals surface area contributed by atoms with Crippen molar-refractivity contribution in [3.63, 3.8) is 0 Å². The summed E-state index contributed by atoms with van der Waals surface area (Å²) in [7, 11) is 0. The van der Waals surface area contributed by atoms with Crippen molar-refractivity contribution in [3.8, 4) is 0 Å². The summed E-state index contributed by atoms with van der Waals surface area (Å²) in [4.78, 5) is 11.4. The minimum absolute atomic E-state index is 0.333. The molecule has 0 aliphatic rings. The average Bonchev–Trinajstić information content (AvgIpc) is 2.26. The van der Waals surface area contributed by atoms with Crippen molar-refractivity contribution in [3.05, 3.63) is 35.4 Å². The summed E-state index contributed by atoms with van der Waals surface area (Å²) in [6, 6.07) is 7.30. The first kappa shape index (κ1) is 11.7. The monoisotopic (exact) mass is 207 g/mol. The lowest BCUT2D eigenvalue weighted by Gasteiger charge is -2.11. The van der Waals surface area contributed by atoms with Gasteiger partial charge in [0, 0.05) is 6.54 Å². The smallest absolute Gasteiger partial charge is 0.253 e. The number of carbonyl (C=O) groups is 1. The molecule has 0 heterocycles. The maximum Gasteiger partial charge on any atom is 0.253 e. The molecule has 1 unspecified atom stereocenters. The molecule has 3 heteroatoms. The van der Waals surface area contributed by atoms with E-state index in [1.54, 1.807) is 12.1 Å². The van der Waals surface area contributed by atoms with Gasteiger partial charge in [-0.15, -0.1) is 0 Å². The van der Waals surface area contributed by atoms with Gasteiger partial charge in [-0.3, -0.25) is 4.79 Å². The van der Waals surface area contributed by atoms with Crippen LogP contribution in [-0.4, -0.2) is 17.6 Å². The fourth-order valence-corrected chi connectivity index (χ4v) is 1.24. The predicted octanol–water partition coefficient (Wildman–Crippen LogP) is 1.55. The molecule has 0 spiro atoms. The number of aliphatic hydroxyl groups excluding tert-OH is 1. The zero-order valence-corrected chi connectivity index (χ0v) is 9.16. The molecule has 1 aromatic carbocycles. The summed E-state index contributed by atoms with van der Waals surface area (Å²) < 4.78 is 0. The Morgan fingerprint density at radius 3 is 2.53 bits per heavy atom. The average molecular weight is 207 g/mol. The van der Waals surface area contributed by atoms with E-state index in [9.17, 15) is 9.90 Å². The van der Waals surface area contributed by atoms with Crippen LogP contribution in [0.25, 0.3) is 0 Å². The van der Waals surface area contributed by atoms with E-state index in [1.165, 1.54) is 0 Å². The molecule has 0 saturated carbocycles. The Morgan fingerprint density at radius 2 is 2.00 bits per heavy atom. The SMILES string of the molecule is CCCNC(=O)C(O)c1ccc(C)cc1. The molecule has 15 heavy (non-hydrogen) atoms. The summed E-state index contributed by atoms with van der Waals surface area (Å²) >= 11 is 0. The fourth-order valence-electron chi connectivity index (χ4n) is 1.24. The number of hydrogen-bond acceptors (Lipinski definition) is 2. The number of aryl methyl sites for hydroxylation is 1. The lowest BCUT2D eigenvalue weighted by atomic mass is 10.1. The number of benzene rings is 1. The van der Waals surface area contributed by atoms with Crippen LogP contribution in [-0.2, 0) is 4.79 Å². The van der Waals surface area contributed by atoms with E-state index in [1.807, 2.05) is 26.0 Å². The van der Waals surface area contributed by atoms with E-state index in [0.717, 1.165) is 12.0 Å². The maximum atomic E-state index is 11.4. The molecule has 3 nitrogen and oxygen atoms in total. The second kappa shape index (κ2) is 5.51. The molecule has 0 saturated heterocycles. The van der Waals surface area contributed by atoms with Crippen molar-refractivity contribution in [2.45, 2.75) is 26.4 Å². The van der Waals surface area contributed by atoms with Gasteiger partial charge in [-0.25, -0.2) is 0 Å². The number of carbonyl (C=O) groups excluding carboxylic acids is 1. The van der Waals surface area contributed by atoms with Crippen LogP contribution in [0.1, 0.15) is 30.6 Å². The topological polar surface area (TPSA) is 49.3 Å². The van der Waals surface area contributed by atoms with Gasteiger partial charge >= 0.3 is 0 Å². The summed E-state index contributed by atoms with van der Waals surface area (Å²) in [6.07, 6.45) is -0.191. The highest BCUT2D eigenvalue weighted by atomic mass is 16.3. The molecule has 0 fully saturated rings. The Kier molecular flexibility index (Phi) is 4.31. The Hall–Kier alpha value is -1.35. The van der Waals surface area contributed by atoms with Crippen LogP contribution in [0.5, 0.6) is 0 Å². The van der Waals surface area contributed by atoms with E-state index in [-0.39, 0.29) is 5.91 Å². The predicted molar refractivity (Wildman–Crippen MR) is 59.4 cm³/mol. The third kappa shape index (κ3) is 3.36. The van der Waals surface area contributed by atoms with Gasteiger partial charge in [0.15, 0.2) is 6.10 Å². The van der Waals surface area contributed by atoms with Gasteiger partial charge in [-0.1, -0.05) is 36.8 Å². The second-order valence-electron chi connectivity index (χ2n) is 3.60. The highest BCUT2D eigenvalue weighted by molar-refractivity contribution is 5.81. The number of rotatable bonds is 4. The molecule has 0 aliphatic carbocycles. The molecule has 82 valence electrons. The number of aliphatic hydroxyl groups is 1. The Balaban J connectivity index is 2.63. The van der Waals surface area contributed by atoms with Crippen LogP contribution in [0.4, 0.5) is 0 Å². The number of nitrogens with one attached hydrogen (secondary N) is 1. The third-order valence-corrected chi connectivity index (χ3v) is 2.19. The minimum atomic E-state index is -1.06. The van der Waals surface area contributed by atoms with Crippen LogP contribution < -0.4 is 5.32 Å². The van der Waals surface area contributed by atoms with E-state index in [2.05, 4.69) is 5.32 Å². The molecule has 1 atom stereocenters. The van der Waals surface area contributed by atoms with E-state index < -0.39 is 6.10 Å². The lowest BCUT2D eigenvalue weighted by molar-refractivity contribution is -0.129. The normalized spacial score (nSPS) is 12.2. The van der Waals surface area contributed by atoms with Crippen molar-refractivity contribution < 1.29 is 9.90 Å². The van der Waals surface area contributed by atoms with Gasteiger partial charge in [-0.05, 0) is 18.9 Å². The minimum Gasteiger partial charge on any atom is -0.378 e. The third-order valence-electron chi connectivity index (χ3n) is 2.19. The molecule has 1 amide bonds. The zero-order valence-electron chi connectivity index (χ0n) is 9.16. The van der Waals surface area contributed by atoms with Gasteiger partial charge < -0.3 is 10.4 Å². The quantitative estimate of drug-likeness (QED) is 0.787. The van der Waals surface area contributed by atoms with Crippen LogP contribution >= 0.6 is 0 Å². The number of hydrogen-bond donors (Lipinski definition) is 2. The molecule has 1 aromatic rings. The summed E-state index contributed by atoms with van der Waals surface area (Å²) in [5.74, 6) is -0.333. The molecular formula is C12H17NO2. The van der Waals surface area contributed by atoms with Crippen molar-refractivity contribution in [2.75, 3.05) is 6.54 Å². The summed E-state index contributed by atoms with van der Waals surface area (Å²) in [5, 5.41) is 12.4. The van der Waals surface area contributed by atoms with Gasteiger partial charge in [0.1, 0.15) is 0 Å². The summed E-state index contributed by atoms with van der Waals surface area (Å²) in [6.45, 7) is 4.54. The largest absolute Gasteiger partial charge is 0.378 e. The first-order chi connectivity index (χ1) is 7.15. The van der Waals surface area contributed by atoms with E-state index in [0.29, 0.717) is 12.1 Å². The van der Waals surface area contributed by atoms with Crippen LogP contribution in [0.3, 0.4) is 0 Å². The Morgan fingerprint density at radius 1 is 1.40 bits per heavy atom. The number of amides is 1. The van der Waals surface area contributed by atoms with E-state index in [4.69, 9.17) is 0 Å². The first-order valence-corrected chi connectivity index (χ1v) is 5.17. The molecule has 0 bridgehead atoms. The van der Waals surface area contributed by atoms with Gasteiger partial charge in [-0.2, -0.15) is 0 Å². The molecule has 0 radical (unpaired) electrons. The van der Waals surface area contributed by atoms with Crippen molar-refractivity contribution in [1.29, 1.82) is 0 Å². The van der Waals surface area contributed by atoms with Crippen LogP contribution in [0, 0.1) is 6.92 Å². The van der Waals surface area contributed by atoms with Crippen molar-refractivity contribution >= 4 is 5.91 Å². The molecule has 0 aromatic heterocycles. The van der Waals surface area contributed by atoms with Gasteiger partial charge in [0.2, 0.25) is 0 Å². The summed E-state index contributed by atoms with van der Waals surface area (Å²) in [5.41, 5.74) is 1.74. The second-order valence-corrected chi connectivity index (χ2v) is 3.60. The van der Waals surface area contributed by atoms with Crippen LogP contribution in [0.15, 0.2) is 24.3 Å². The maximum absolute atomic E-state index is 11.4. The Labute approximate surface area is 90.1 Å². The van der Waals surface area contributed by atoms with Crippen LogP contribution in [0.2, 0.25) is 0 Å². The van der Waals surface area contributed by atoms with Crippen molar-refractivity contribution in [2.24, 2.45) is 0 Å². The molecule has 1 rings (SSSR count). The molecular weight excluding hydrogens is 190 g/mol. The first-order valence-electron chi connectivity index (χ1n) is 5.17. The highest BCUT2D eigenvalue weighted by Gasteiger charge is 2.15. The fraction of sp³-hybridized carbons (Fsp3) is 0.417.